The van der Waals surface area contributed by atoms with Crippen LogP contribution in [0.25, 0.3) is 0 Å². The average molecular weight is 164 g/mol. The van der Waals surface area contributed by atoms with Crippen LogP contribution in [-0.2, 0) is 4.79 Å². The lowest BCUT2D eigenvalue weighted by Crippen LogP contribution is -2.06. The molecule has 1 aliphatic carbocycles. The number of allylic oxidation sites excluding steroid dienone is 4. The van der Waals surface area contributed by atoms with Gasteiger partial charge in [-0.15, -0.1) is 0 Å². The quantitative estimate of drug-likeness (QED) is 0.626. The molecule has 0 saturated carbocycles. The standard InChI is InChI=1S/C11H16O/c1-4-9-6-7-10(5-2)11(9)8(3)12/h6-7,9H,4-5H2,1-3H3. The van der Waals surface area contributed by atoms with E-state index in [4.69, 9.17) is 0 Å². The Hall–Kier alpha value is -0.850. The summed E-state index contributed by atoms with van der Waals surface area (Å²) in [5, 5.41) is 0. The molecule has 1 unspecified atom stereocenters. The van der Waals surface area contributed by atoms with E-state index in [0.717, 1.165) is 18.4 Å². The first-order valence-corrected chi connectivity index (χ1v) is 4.62. The second kappa shape index (κ2) is 3.70. The monoisotopic (exact) mass is 164 g/mol. The number of rotatable bonds is 3. The van der Waals surface area contributed by atoms with E-state index < -0.39 is 0 Å². The first-order chi connectivity index (χ1) is 5.70. The highest BCUT2D eigenvalue weighted by molar-refractivity contribution is 5.96. The molecule has 0 saturated heterocycles. The van der Waals surface area contributed by atoms with Crippen molar-refractivity contribution in [2.45, 2.75) is 33.6 Å². The molecule has 0 amide bonds. The predicted molar refractivity (Wildman–Crippen MR) is 50.9 cm³/mol. The minimum absolute atomic E-state index is 0.240. The minimum atomic E-state index is 0.240. The van der Waals surface area contributed by atoms with Gasteiger partial charge in [-0.1, -0.05) is 26.0 Å². The highest BCUT2D eigenvalue weighted by atomic mass is 16.1. The smallest absolute Gasteiger partial charge is 0.156 e. The van der Waals surface area contributed by atoms with Gasteiger partial charge in [0.15, 0.2) is 5.78 Å². The summed E-state index contributed by atoms with van der Waals surface area (Å²) in [4.78, 5) is 11.3. The van der Waals surface area contributed by atoms with Crippen molar-refractivity contribution in [3.63, 3.8) is 0 Å². The van der Waals surface area contributed by atoms with Gasteiger partial charge in [-0.2, -0.15) is 0 Å². The second-order valence-electron chi connectivity index (χ2n) is 3.22. The lowest BCUT2D eigenvalue weighted by molar-refractivity contribution is -0.114. The first kappa shape index (κ1) is 9.24. The van der Waals surface area contributed by atoms with Crippen LogP contribution < -0.4 is 0 Å². The van der Waals surface area contributed by atoms with E-state index in [1.807, 2.05) is 0 Å². The van der Waals surface area contributed by atoms with E-state index in [1.54, 1.807) is 6.92 Å². The molecule has 66 valence electrons. The van der Waals surface area contributed by atoms with E-state index in [2.05, 4.69) is 26.0 Å². The summed E-state index contributed by atoms with van der Waals surface area (Å²) in [6.07, 6.45) is 6.26. The fourth-order valence-corrected chi connectivity index (χ4v) is 1.79. The summed E-state index contributed by atoms with van der Waals surface area (Å²) in [5.41, 5.74) is 2.27. The van der Waals surface area contributed by atoms with Gasteiger partial charge in [-0.05, 0) is 25.3 Å². The lowest BCUT2D eigenvalue weighted by atomic mass is 9.94. The Kier molecular flexibility index (Phi) is 2.85. The largest absolute Gasteiger partial charge is 0.295 e. The molecule has 0 aliphatic heterocycles. The van der Waals surface area contributed by atoms with Crippen molar-refractivity contribution < 1.29 is 4.79 Å². The molecule has 0 radical (unpaired) electrons. The van der Waals surface area contributed by atoms with Gasteiger partial charge in [-0.3, -0.25) is 4.79 Å². The summed E-state index contributed by atoms with van der Waals surface area (Å²) >= 11 is 0. The molecule has 1 atom stereocenters. The third kappa shape index (κ3) is 1.50. The van der Waals surface area contributed by atoms with Crippen molar-refractivity contribution in [1.29, 1.82) is 0 Å². The second-order valence-corrected chi connectivity index (χ2v) is 3.22. The SMILES string of the molecule is CCC1=C(C(C)=O)C(CC)C=C1. The van der Waals surface area contributed by atoms with E-state index in [9.17, 15) is 4.79 Å². The van der Waals surface area contributed by atoms with Gasteiger partial charge in [0.2, 0.25) is 0 Å². The zero-order valence-electron chi connectivity index (χ0n) is 8.05. The fourth-order valence-electron chi connectivity index (χ4n) is 1.79. The highest BCUT2D eigenvalue weighted by Crippen LogP contribution is 2.29. The molecular weight excluding hydrogens is 148 g/mol. The normalized spacial score (nSPS) is 22.1. The van der Waals surface area contributed by atoms with Gasteiger partial charge in [0.05, 0.1) is 0 Å². The number of carbonyl (C=O) groups is 1. The Labute approximate surface area is 74.2 Å². The van der Waals surface area contributed by atoms with Crippen LogP contribution in [0.5, 0.6) is 0 Å². The molecule has 0 aromatic rings. The van der Waals surface area contributed by atoms with Gasteiger partial charge in [0.1, 0.15) is 0 Å². The Bertz CT molecular complexity index is 246. The van der Waals surface area contributed by atoms with E-state index >= 15 is 0 Å². The molecule has 0 fully saturated rings. The molecule has 1 aliphatic rings. The number of ketones is 1. The van der Waals surface area contributed by atoms with Crippen molar-refractivity contribution in [3.05, 3.63) is 23.3 Å². The summed E-state index contributed by atoms with van der Waals surface area (Å²) in [6, 6.07) is 0. The molecule has 0 N–H and O–H groups in total. The van der Waals surface area contributed by atoms with Gasteiger partial charge in [0.25, 0.3) is 0 Å². The van der Waals surface area contributed by atoms with Crippen LogP contribution in [0, 0.1) is 5.92 Å². The van der Waals surface area contributed by atoms with Crippen molar-refractivity contribution in [2.24, 2.45) is 5.92 Å². The number of hydrogen-bond acceptors (Lipinski definition) is 1. The molecule has 0 aromatic carbocycles. The first-order valence-electron chi connectivity index (χ1n) is 4.62. The van der Waals surface area contributed by atoms with Crippen LogP contribution in [0.15, 0.2) is 23.3 Å². The summed E-state index contributed by atoms with van der Waals surface area (Å²) in [5.74, 6) is 0.626. The maximum absolute atomic E-state index is 11.3. The zero-order valence-corrected chi connectivity index (χ0v) is 8.05. The molecule has 0 bridgehead atoms. The molecule has 0 spiro atoms. The van der Waals surface area contributed by atoms with Crippen LogP contribution in [0.1, 0.15) is 33.6 Å². The maximum atomic E-state index is 11.3. The zero-order chi connectivity index (χ0) is 9.14. The molecule has 1 nitrogen and oxygen atoms in total. The highest BCUT2D eigenvalue weighted by Gasteiger charge is 2.20. The fraction of sp³-hybridized carbons (Fsp3) is 0.545. The van der Waals surface area contributed by atoms with Gasteiger partial charge < -0.3 is 0 Å². The maximum Gasteiger partial charge on any atom is 0.156 e. The molecule has 1 rings (SSSR count). The third-order valence-electron chi connectivity index (χ3n) is 2.45. The van der Waals surface area contributed by atoms with Gasteiger partial charge in [0, 0.05) is 11.5 Å². The Balaban J connectivity index is 2.95. The van der Waals surface area contributed by atoms with Crippen LogP contribution in [0.3, 0.4) is 0 Å². The topological polar surface area (TPSA) is 17.1 Å². The lowest BCUT2D eigenvalue weighted by Gasteiger charge is -2.09. The van der Waals surface area contributed by atoms with Crippen molar-refractivity contribution >= 4 is 5.78 Å². The van der Waals surface area contributed by atoms with E-state index in [1.165, 1.54) is 5.57 Å². The number of Topliss-reactive ketones (excluding diaryl/α,β-unsaturated/α-hetero) is 1. The summed E-state index contributed by atoms with van der Waals surface area (Å²) in [6.45, 7) is 5.89. The Morgan fingerprint density at radius 2 is 2.17 bits per heavy atom. The average Bonchev–Trinajstić information content (AvgIpc) is 2.46. The predicted octanol–water partition coefficient (Wildman–Crippen LogP) is 2.88. The summed E-state index contributed by atoms with van der Waals surface area (Å²) in [7, 11) is 0. The molecule has 12 heavy (non-hydrogen) atoms. The Morgan fingerprint density at radius 1 is 1.50 bits per heavy atom. The molecule has 1 heteroatoms. The minimum Gasteiger partial charge on any atom is -0.295 e. The van der Waals surface area contributed by atoms with Crippen LogP contribution in [0.4, 0.5) is 0 Å². The van der Waals surface area contributed by atoms with Gasteiger partial charge in [-0.25, -0.2) is 0 Å². The number of hydrogen-bond donors (Lipinski definition) is 0. The van der Waals surface area contributed by atoms with Crippen molar-refractivity contribution in [3.8, 4) is 0 Å². The number of carbonyl (C=O) groups excluding carboxylic acids is 1. The van der Waals surface area contributed by atoms with Crippen molar-refractivity contribution in [2.75, 3.05) is 0 Å². The summed E-state index contributed by atoms with van der Waals surface area (Å²) < 4.78 is 0. The van der Waals surface area contributed by atoms with Gasteiger partial charge >= 0.3 is 0 Å². The molecular formula is C11H16O. The Morgan fingerprint density at radius 3 is 2.58 bits per heavy atom. The van der Waals surface area contributed by atoms with E-state index in [0.29, 0.717) is 5.92 Å². The third-order valence-corrected chi connectivity index (χ3v) is 2.45. The van der Waals surface area contributed by atoms with Crippen LogP contribution in [-0.4, -0.2) is 5.78 Å². The van der Waals surface area contributed by atoms with Crippen LogP contribution >= 0.6 is 0 Å². The van der Waals surface area contributed by atoms with Crippen molar-refractivity contribution in [1.82, 2.24) is 0 Å². The van der Waals surface area contributed by atoms with Crippen LogP contribution in [0.2, 0.25) is 0 Å². The van der Waals surface area contributed by atoms with E-state index in [-0.39, 0.29) is 5.78 Å². The molecule has 0 heterocycles. The molecule has 0 aromatic heterocycles.